The average Bonchev–Trinajstić information content (AvgIpc) is 3.54. The molecule has 46 heavy (non-hydrogen) atoms. The number of fused-ring (bicyclic) bond motifs is 10. The molecule has 0 radical (unpaired) electrons. The lowest BCUT2D eigenvalue weighted by atomic mass is 9.82. The highest BCUT2D eigenvalue weighted by molar-refractivity contribution is 6.13. The Balaban J connectivity index is 1.27. The fourth-order valence-corrected chi connectivity index (χ4v) is 7.92. The molecule has 0 spiro atoms. The molecular formula is C43H29N3. The molecule has 0 amide bonds. The van der Waals surface area contributed by atoms with Crippen LogP contribution >= 0.6 is 0 Å². The summed E-state index contributed by atoms with van der Waals surface area (Å²) in [5.74, 6) is 0.681. The summed E-state index contributed by atoms with van der Waals surface area (Å²) in [4.78, 5) is 10.6. The number of hydrogen-bond donors (Lipinski definition) is 0. The molecule has 0 bridgehead atoms. The van der Waals surface area contributed by atoms with E-state index in [1.807, 2.05) is 0 Å². The Bertz CT molecular complexity index is 2730. The van der Waals surface area contributed by atoms with E-state index in [0.29, 0.717) is 5.95 Å². The lowest BCUT2D eigenvalue weighted by molar-refractivity contribution is 0.661. The number of para-hydroxylation sites is 2. The predicted molar refractivity (Wildman–Crippen MR) is 192 cm³/mol. The Kier molecular flexibility index (Phi) is 5.06. The molecule has 0 aliphatic heterocycles. The summed E-state index contributed by atoms with van der Waals surface area (Å²) in [5, 5.41) is 8.38. The van der Waals surface area contributed by atoms with E-state index in [1.54, 1.807) is 0 Å². The molecule has 1 aliphatic carbocycles. The van der Waals surface area contributed by atoms with Crippen LogP contribution in [0.2, 0.25) is 0 Å². The third-order valence-electron chi connectivity index (χ3n) is 10.2. The van der Waals surface area contributed by atoms with Gasteiger partial charge >= 0.3 is 0 Å². The van der Waals surface area contributed by atoms with Gasteiger partial charge in [-0.3, -0.25) is 4.57 Å². The largest absolute Gasteiger partial charge is 0.278 e. The van der Waals surface area contributed by atoms with Crippen LogP contribution in [0.5, 0.6) is 0 Å². The summed E-state index contributed by atoms with van der Waals surface area (Å²) >= 11 is 0. The van der Waals surface area contributed by atoms with Gasteiger partial charge in [0.2, 0.25) is 5.95 Å². The van der Waals surface area contributed by atoms with Crippen LogP contribution in [0.15, 0.2) is 140 Å². The van der Waals surface area contributed by atoms with E-state index in [4.69, 9.17) is 9.97 Å². The number of hydrogen-bond acceptors (Lipinski definition) is 2. The summed E-state index contributed by atoms with van der Waals surface area (Å²) in [5.41, 5.74) is 10.6. The fourth-order valence-electron chi connectivity index (χ4n) is 7.92. The van der Waals surface area contributed by atoms with E-state index in [9.17, 15) is 0 Å². The van der Waals surface area contributed by atoms with Crippen molar-refractivity contribution < 1.29 is 0 Å². The van der Waals surface area contributed by atoms with E-state index in [-0.39, 0.29) is 5.41 Å². The fraction of sp³-hybridized carbons (Fsp3) is 0.0698. The molecule has 2 heterocycles. The Morgan fingerprint density at radius 2 is 1.22 bits per heavy atom. The van der Waals surface area contributed by atoms with E-state index in [1.165, 1.54) is 54.6 Å². The van der Waals surface area contributed by atoms with Gasteiger partial charge in [0, 0.05) is 27.1 Å². The summed E-state index contributed by atoms with van der Waals surface area (Å²) in [6, 6.07) is 50.4. The smallest absolute Gasteiger partial charge is 0.235 e. The Hall–Kier alpha value is -5.80. The van der Waals surface area contributed by atoms with E-state index >= 15 is 0 Å². The topological polar surface area (TPSA) is 30.7 Å². The van der Waals surface area contributed by atoms with Crippen LogP contribution in [0.4, 0.5) is 0 Å². The number of aromatic nitrogens is 3. The van der Waals surface area contributed by atoms with Gasteiger partial charge in [0.1, 0.15) is 0 Å². The maximum Gasteiger partial charge on any atom is 0.235 e. The first-order valence-corrected chi connectivity index (χ1v) is 15.9. The minimum atomic E-state index is -0.0500. The van der Waals surface area contributed by atoms with Crippen molar-refractivity contribution in [2.24, 2.45) is 0 Å². The highest BCUT2D eigenvalue weighted by Gasteiger charge is 2.36. The van der Waals surface area contributed by atoms with Gasteiger partial charge in [-0.25, -0.2) is 9.97 Å². The molecule has 10 rings (SSSR count). The zero-order valence-corrected chi connectivity index (χ0v) is 25.6. The van der Waals surface area contributed by atoms with Gasteiger partial charge in [-0.15, -0.1) is 0 Å². The summed E-state index contributed by atoms with van der Waals surface area (Å²) in [6.07, 6.45) is 0. The van der Waals surface area contributed by atoms with Crippen LogP contribution in [-0.2, 0) is 5.41 Å². The zero-order chi connectivity index (χ0) is 30.6. The molecule has 0 N–H and O–H groups in total. The van der Waals surface area contributed by atoms with Crippen molar-refractivity contribution in [1.29, 1.82) is 0 Å². The first kappa shape index (κ1) is 25.5. The van der Waals surface area contributed by atoms with Crippen molar-refractivity contribution >= 4 is 54.3 Å². The van der Waals surface area contributed by atoms with Gasteiger partial charge in [0.05, 0.1) is 22.2 Å². The first-order valence-electron chi connectivity index (χ1n) is 15.9. The number of nitrogens with zero attached hydrogens (tertiary/aromatic N) is 3. The molecule has 2 aromatic heterocycles. The van der Waals surface area contributed by atoms with Crippen molar-refractivity contribution in [2.45, 2.75) is 19.3 Å². The first-order chi connectivity index (χ1) is 22.6. The van der Waals surface area contributed by atoms with Crippen LogP contribution in [0, 0.1) is 0 Å². The second-order valence-electron chi connectivity index (χ2n) is 13.1. The lowest BCUT2D eigenvalue weighted by Gasteiger charge is -2.21. The van der Waals surface area contributed by atoms with Crippen molar-refractivity contribution in [3.05, 3.63) is 151 Å². The van der Waals surface area contributed by atoms with Crippen LogP contribution in [0.25, 0.3) is 82.6 Å². The van der Waals surface area contributed by atoms with Crippen molar-refractivity contribution in [3.63, 3.8) is 0 Å². The minimum absolute atomic E-state index is 0.0500. The van der Waals surface area contributed by atoms with Gasteiger partial charge < -0.3 is 0 Å². The molecule has 3 heteroatoms. The average molecular weight is 588 g/mol. The highest BCUT2D eigenvalue weighted by Crippen LogP contribution is 2.51. The molecule has 9 aromatic rings. The molecule has 0 atom stereocenters. The van der Waals surface area contributed by atoms with E-state index in [0.717, 1.165) is 33.2 Å². The Morgan fingerprint density at radius 1 is 0.500 bits per heavy atom. The lowest BCUT2D eigenvalue weighted by Crippen LogP contribution is -2.14. The van der Waals surface area contributed by atoms with Gasteiger partial charge in [-0.2, -0.15) is 0 Å². The molecule has 0 saturated carbocycles. The van der Waals surface area contributed by atoms with Gasteiger partial charge in [0.25, 0.3) is 0 Å². The van der Waals surface area contributed by atoms with E-state index < -0.39 is 0 Å². The number of rotatable bonds is 2. The second-order valence-corrected chi connectivity index (χ2v) is 13.1. The molecule has 0 saturated heterocycles. The van der Waals surface area contributed by atoms with Crippen molar-refractivity contribution in [1.82, 2.24) is 14.5 Å². The standard InChI is InChI=1S/C43H29N3/c1-43(2)35-16-8-5-14-31(35)40-33-24-29(20-19-26(33)21-22-36(40)43)41-32-15-6-9-17-37(32)44-42(45-41)46-38-18-10-7-13-30(38)34-23-27-11-3-4-12-28(27)25-39(34)46/h3-25H,1-2H3. The van der Waals surface area contributed by atoms with Crippen molar-refractivity contribution in [2.75, 3.05) is 0 Å². The molecule has 1 aliphatic rings. The van der Waals surface area contributed by atoms with Gasteiger partial charge in [0.15, 0.2) is 0 Å². The van der Waals surface area contributed by atoms with Gasteiger partial charge in [-0.05, 0) is 74.1 Å². The predicted octanol–water partition coefficient (Wildman–Crippen LogP) is 11.0. The SMILES string of the molecule is CC1(C)c2ccccc2-c2c1ccc1ccc(-c3nc(-n4c5ccccc5c5cc6ccccc6cc54)nc4ccccc34)cc21. The van der Waals surface area contributed by atoms with Crippen LogP contribution in [0.3, 0.4) is 0 Å². The molecular weight excluding hydrogens is 558 g/mol. The van der Waals surface area contributed by atoms with Crippen LogP contribution in [-0.4, -0.2) is 14.5 Å². The molecule has 0 unspecified atom stereocenters. The highest BCUT2D eigenvalue weighted by atomic mass is 15.2. The Labute approximate surface area is 266 Å². The van der Waals surface area contributed by atoms with Crippen LogP contribution < -0.4 is 0 Å². The second kappa shape index (κ2) is 9.12. The summed E-state index contributed by atoms with van der Waals surface area (Å²) in [7, 11) is 0. The molecule has 0 fully saturated rings. The Morgan fingerprint density at radius 3 is 2.11 bits per heavy atom. The van der Waals surface area contributed by atoms with E-state index in [2.05, 4.69) is 158 Å². The third-order valence-corrected chi connectivity index (χ3v) is 10.2. The molecule has 216 valence electrons. The number of benzene rings is 7. The van der Waals surface area contributed by atoms with Crippen LogP contribution in [0.1, 0.15) is 25.0 Å². The summed E-state index contributed by atoms with van der Waals surface area (Å²) in [6.45, 7) is 4.68. The zero-order valence-electron chi connectivity index (χ0n) is 25.6. The molecule has 3 nitrogen and oxygen atoms in total. The van der Waals surface area contributed by atoms with Gasteiger partial charge in [-0.1, -0.05) is 123 Å². The third kappa shape index (κ3) is 3.43. The monoisotopic (exact) mass is 587 g/mol. The normalized spacial score (nSPS) is 13.6. The minimum Gasteiger partial charge on any atom is -0.278 e. The van der Waals surface area contributed by atoms with Crippen molar-refractivity contribution in [3.8, 4) is 28.3 Å². The summed E-state index contributed by atoms with van der Waals surface area (Å²) < 4.78 is 2.24. The maximum absolute atomic E-state index is 5.42. The quantitative estimate of drug-likeness (QED) is 0.201. The maximum atomic E-state index is 5.42. The molecule has 7 aromatic carbocycles.